The third-order valence-electron chi connectivity index (χ3n) is 2.61. The lowest BCUT2D eigenvalue weighted by atomic mass is 10.2. The molecule has 0 aromatic heterocycles. The standard InChI is InChI=1S/C10H20N2O2/c1-8(2)12(6-7-13)10(14)9-4-3-5-11-9/h8-9,11,13H,3-7H2,1-2H3/t9-/m1/s1. The van der Waals surface area contributed by atoms with E-state index < -0.39 is 0 Å². The van der Waals surface area contributed by atoms with E-state index in [2.05, 4.69) is 5.32 Å². The van der Waals surface area contributed by atoms with Crippen LogP contribution in [0.1, 0.15) is 26.7 Å². The summed E-state index contributed by atoms with van der Waals surface area (Å²) < 4.78 is 0. The Labute approximate surface area is 85.3 Å². The second-order valence-electron chi connectivity index (χ2n) is 4.00. The van der Waals surface area contributed by atoms with Gasteiger partial charge in [-0.3, -0.25) is 4.79 Å². The minimum absolute atomic E-state index is 0.0241. The van der Waals surface area contributed by atoms with Gasteiger partial charge in [0.15, 0.2) is 0 Å². The van der Waals surface area contributed by atoms with Gasteiger partial charge in [-0.2, -0.15) is 0 Å². The van der Waals surface area contributed by atoms with Crippen molar-refractivity contribution >= 4 is 5.91 Å². The first-order valence-electron chi connectivity index (χ1n) is 5.31. The second kappa shape index (κ2) is 5.32. The van der Waals surface area contributed by atoms with E-state index in [-0.39, 0.29) is 24.6 Å². The van der Waals surface area contributed by atoms with Crippen LogP contribution < -0.4 is 5.32 Å². The maximum absolute atomic E-state index is 11.9. The Morgan fingerprint density at radius 2 is 2.36 bits per heavy atom. The van der Waals surface area contributed by atoms with Crippen LogP contribution in [0.5, 0.6) is 0 Å². The van der Waals surface area contributed by atoms with Gasteiger partial charge in [0.05, 0.1) is 12.6 Å². The molecule has 4 heteroatoms. The number of amides is 1. The molecule has 0 spiro atoms. The van der Waals surface area contributed by atoms with Gasteiger partial charge in [-0.1, -0.05) is 0 Å². The van der Waals surface area contributed by atoms with Gasteiger partial charge in [-0.25, -0.2) is 0 Å². The van der Waals surface area contributed by atoms with Gasteiger partial charge in [0.25, 0.3) is 0 Å². The van der Waals surface area contributed by atoms with E-state index in [4.69, 9.17) is 5.11 Å². The fourth-order valence-corrected chi connectivity index (χ4v) is 1.83. The van der Waals surface area contributed by atoms with Crippen LogP contribution in [0.3, 0.4) is 0 Å². The maximum atomic E-state index is 11.9. The van der Waals surface area contributed by atoms with Crippen LogP contribution in [0.4, 0.5) is 0 Å². The predicted octanol–water partition coefficient (Wildman–Crippen LogP) is -0.0323. The normalized spacial score (nSPS) is 21.6. The van der Waals surface area contributed by atoms with Crippen molar-refractivity contribution in [3.05, 3.63) is 0 Å². The Kier molecular flexibility index (Phi) is 4.35. The van der Waals surface area contributed by atoms with Crippen molar-refractivity contribution in [1.82, 2.24) is 10.2 Å². The third kappa shape index (κ3) is 2.69. The maximum Gasteiger partial charge on any atom is 0.240 e. The summed E-state index contributed by atoms with van der Waals surface area (Å²) in [6, 6.07) is 0.140. The van der Waals surface area contributed by atoms with Gasteiger partial charge in [0, 0.05) is 12.6 Å². The van der Waals surface area contributed by atoms with E-state index in [1.54, 1.807) is 4.90 Å². The molecular formula is C10H20N2O2. The van der Waals surface area contributed by atoms with Gasteiger partial charge in [-0.05, 0) is 33.2 Å². The van der Waals surface area contributed by atoms with E-state index in [9.17, 15) is 4.79 Å². The molecule has 0 radical (unpaired) electrons. The lowest BCUT2D eigenvalue weighted by Crippen LogP contribution is -2.47. The Balaban J connectivity index is 2.53. The smallest absolute Gasteiger partial charge is 0.240 e. The van der Waals surface area contributed by atoms with Crippen LogP contribution in [-0.2, 0) is 4.79 Å². The lowest BCUT2D eigenvalue weighted by molar-refractivity contribution is -0.135. The van der Waals surface area contributed by atoms with Crippen molar-refractivity contribution in [2.75, 3.05) is 19.7 Å². The Morgan fingerprint density at radius 1 is 1.64 bits per heavy atom. The van der Waals surface area contributed by atoms with Crippen molar-refractivity contribution in [3.8, 4) is 0 Å². The number of nitrogens with one attached hydrogen (secondary N) is 1. The fraction of sp³-hybridized carbons (Fsp3) is 0.900. The first kappa shape index (κ1) is 11.5. The summed E-state index contributed by atoms with van der Waals surface area (Å²) >= 11 is 0. The van der Waals surface area contributed by atoms with Crippen LogP contribution in [0, 0.1) is 0 Å². The number of hydrogen-bond acceptors (Lipinski definition) is 3. The van der Waals surface area contributed by atoms with Crippen molar-refractivity contribution in [3.63, 3.8) is 0 Å². The number of aliphatic hydroxyl groups is 1. The highest BCUT2D eigenvalue weighted by molar-refractivity contribution is 5.82. The molecule has 1 atom stereocenters. The highest BCUT2D eigenvalue weighted by atomic mass is 16.3. The zero-order valence-corrected chi connectivity index (χ0v) is 8.99. The summed E-state index contributed by atoms with van der Waals surface area (Å²) in [7, 11) is 0. The topological polar surface area (TPSA) is 52.6 Å². The zero-order chi connectivity index (χ0) is 10.6. The molecule has 0 aliphatic carbocycles. The molecule has 0 unspecified atom stereocenters. The average Bonchev–Trinajstić information content (AvgIpc) is 2.65. The number of carbonyl (C=O) groups is 1. The minimum Gasteiger partial charge on any atom is -0.395 e. The molecular weight excluding hydrogens is 180 g/mol. The number of aliphatic hydroxyl groups excluding tert-OH is 1. The molecule has 0 bridgehead atoms. The molecule has 1 amide bonds. The summed E-state index contributed by atoms with van der Waals surface area (Å²) in [5, 5.41) is 12.0. The van der Waals surface area contributed by atoms with E-state index in [1.165, 1.54) is 0 Å². The SMILES string of the molecule is CC(C)N(CCO)C(=O)[C@H]1CCCN1. The molecule has 1 fully saturated rings. The second-order valence-corrected chi connectivity index (χ2v) is 4.00. The van der Waals surface area contributed by atoms with Crippen molar-refractivity contribution in [2.24, 2.45) is 0 Å². The Morgan fingerprint density at radius 3 is 2.79 bits per heavy atom. The summed E-state index contributed by atoms with van der Waals surface area (Å²) in [6.45, 7) is 5.36. The molecule has 0 saturated carbocycles. The number of carbonyl (C=O) groups excluding carboxylic acids is 1. The predicted molar refractivity (Wildman–Crippen MR) is 55.0 cm³/mol. The zero-order valence-electron chi connectivity index (χ0n) is 8.99. The van der Waals surface area contributed by atoms with Crippen molar-refractivity contribution < 1.29 is 9.90 Å². The molecule has 1 rings (SSSR count). The average molecular weight is 200 g/mol. The molecule has 4 nitrogen and oxygen atoms in total. The first-order chi connectivity index (χ1) is 6.66. The summed E-state index contributed by atoms with van der Waals surface area (Å²) in [4.78, 5) is 13.7. The number of nitrogens with zero attached hydrogens (tertiary/aromatic N) is 1. The van der Waals surface area contributed by atoms with Crippen molar-refractivity contribution in [2.45, 2.75) is 38.8 Å². The molecule has 82 valence electrons. The summed E-state index contributed by atoms with van der Waals surface area (Å²) in [5.41, 5.74) is 0. The van der Waals surface area contributed by atoms with Crippen LogP contribution in [0.15, 0.2) is 0 Å². The lowest BCUT2D eigenvalue weighted by Gasteiger charge is -2.28. The van der Waals surface area contributed by atoms with Gasteiger partial charge in [-0.15, -0.1) is 0 Å². The Bertz CT molecular complexity index is 189. The third-order valence-corrected chi connectivity index (χ3v) is 2.61. The van der Waals surface area contributed by atoms with Crippen LogP contribution in [0.25, 0.3) is 0 Å². The van der Waals surface area contributed by atoms with Crippen LogP contribution in [-0.4, -0.2) is 47.7 Å². The van der Waals surface area contributed by atoms with Gasteiger partial charge >= 0.3 is 0 Å². The molecule has 14 heavy (non-hydrogen) atoms. The van der Waals surface area contributed by atoms with E-state index >= 15 is 0 Å². The highest BCUT2D eigenvalue weighted by Gasteiger charge is 2.27. The van der Waals surface area contributed by atoms with Gasteiger partial charge in [0.2, 0.25) is 5.91 Å². The minimum atomic E-state index is -0.0241. The molecule has 0 aromatic rings. The molecule has 1 heterocycles. The largest absolute Gasteiger partial charge is 0.395 e. The number of hydrogen-bond donors (Lipinski definition) is 2. The summed E-state index contributed by atoms with van der Waals surface area (Å²) in [5.74, 6) is 0.131. The quantitative estimate of drug-likeness (QED) is 0.670. The molecule has 1 saturated heterocycles. The first-order valence-corrected chi connectivity index (χ1v) is 5.31. The van der Waals surface area contributed by atoms with E-state index in [0.29, 0.717) is 6.54 Å². The Hall–Kier alpha value is -0.610. The summed E-state index contributed by atoms with van der Waals surface area (Å²) in [6.07, 6.45) is 1.99. The number of rotatable bonds is 4. The highest BCUT2D eigenvalue weighted by Crippen LogP contribution is 2.10. The monoisotopic (exact) mass is 200 g/mol. The van der Waals surface area contributed by atoms with E-state index in [1.807, 2.05) is 13.8 Å². The molecule has 1 aliphatic rings. The van der Waals surface area contributed by atoms with Gasteiger partial charge in [0.1, 0.15) is 0 Å². The van der Waals surface area contributed by atoms with Crippen molar-refractivity contribution in [1.29, 1.82) is 0 Å². The molecule has 1 aliphatic heterocycles. The molecule has 2 N–H and O–H groups in total. The van der Waals surface area contributed by atoms with Crippen LogP contribution >= 0.6 is 0 Å². The van der Waals surface area contributed by atoms with E-state index in [0.717, 1.165) is 19.4 Å². The van der Waals surface area contributed by atoms with Gasteiger partial charge < -0.3 is 15.3 Å². The van der Waals surface area contributed by atoms with Crippen LogP contribution in [0.2, 0.25) is 0 Å². The molecule has 0 aromatic carbocycles. The fourth-order valence-electron chi connectivity index (χ4n) is 1.83.